The van der Waals surface area contributed by atoms with Crippen molar-refractivity contribution >= 4 is 11.8 Å². The monoisotopic (exact) mass is 362 g/mol. The van der Waals surface area contributed by atoms with Gasteiger partial charge in [-0.05, 0) is 68.6 Å². The van der Waals surface area contributed by atoms with Gasteiger partial charge in [-0.15, -0.1) is 0 Å². The smallest absolute Gasteiger partial charge is 0.223 e. The van der Waals surface area contributed by atoms with Crippen molar-refractivity contribution in [3.05, 3.63) is 0 Å². The van der Waals surface area contributed by atoms with Crippen LogP contribution >= 0.6 is 0 Å². The van der Waals surface area contributed by atoms with Crippen molar-refractivity contribution in [3.8, 4) is 0 Å². The average Bonchev–Trinajstić information content (AvgIpc) is 2.59. The summed E-state index contributed by atoms with van der Waals surface area (Å²) in [5, 5.41) is 3.29. The normalized spacial score (nSPS) is 37.6. The minimum absolute atomic E-state index is 0.0707. The molecule has 5 nitrogen and oxygen atoms in total. The van der Waals surface area contributed by atoms with Gasteiger partial charge in [-0.25, -0.2) is 0 Å². The highest BCUT2D eigenvalue weighted by molar-refractivity contribution is 5.84. The number of nitrogens with one attached hydrogen (secondary N) is 2. The first-order valence-electron chi connectivity index (χ1n) is 10.8. The molecule has 1 atom stereocenters. The summed E-state index contributed by atoms with van der Waals surface area (Å²) >= 11 is 0. The molecule has 5 fully saturated rings. The maximum atomic E-state index is 12.5. The molecule has 146 valence electrons. The number of carbonyl (C=O) groups is 2. The Morgan fingerprint density at radius 1 is 1.04 bits per heavy atom. The van der Waals surface area contributed by atoms with E-state index in [1.165, 1.54) is 43.4 Å². The zero-order chi connectivity index (χ0) is 18.3. The van der Waals surface area contributed by atoms with Gasteiger partial charge in [-0.2, -0.15) is 0 Å². The lowest BCUT2D eigenvalue weighted by Crippen LogP contribution is -3.12. The summed E-state index contributed by atoms with van der Waals surface area (Å²) in [4.78, 5) is 28.3. The third-order valence-corrected chi connectivity index (χ3v) is 7.92. The fourth-order valence-corrected chi connectivity index (χ4v) is 6.69. The molecule has 26 heavy (non-hydrogen) atoms. The van der Waals surface area contributed by atoms with Crippen molar-refractivity contribution in [2.24, 2.45) is 23.2 Å². The molecule has 0 radical (unpaired) electrons. The van der Waals surface area contributed by atoms with Crippen LogP contribution in [0.1, 0.15) is 58.3 Å². The molecule has 1 aliphatic heterocycles. The lowest BCUT2D eigenvalue weighted by atomic mass is 9.48. The molecule has 0 unspecified atom stereocenters. The molecule has 5 aliphatic rings. The predicted molar refractivity (Wildman–Crippen MR) is 101 cm³/mol. The van der Waals surface area contributed by atoms with Gasteiger partial charge in [0.25, 0.3) is 0 Å². The molecule has 0 aromatic rings. The molecular weight excluding hydrogens is 326 g/mol. The maximum Gasteiger partial charge on any atom is 0.223 e. The van der Waals surface area contributed by atoms with E-state index < -0.39 is 0 Å². The largest absolute Gasteiger partial charge is 0.353 e. The predicted octanol–water partition coefficient (Wildman–Crippen LogP) is 0.845. The van der Waals surface area contributed by atoms with Crippen LogP contribution < -0.4 is 10.2 Å². The van der Waals surface area contributed by atoms with Crippen molar-refractivity contribution in [1.29, 1.82) is 0 Å². The fourth-order valence-electron chi connectivity index (χ4n) is 6.69. The van der Waals surface area contributed by atoms with E-state index in [-0.39, 0.29) is 17.9 Å². The summed E-state index contributed by atoms with van der Waals surface area (Å²) in [5.74, 6) is 2.93. The van der Waals surface area contributed by atoms with E-state index in [9.17, 15) is 9.59 Å². The number of nitrogens with zero attached hydrogens (tertiary/aromatic N) is 1. The van der Waals surface area contributed by atoms with Crippen molar-refractivity contribution in [3.63, 3.8) is 0 Å². The highest BCUT2D eigenvalue weighted by Gasteiger charge is 2.53. The van der Waals surface area contributed by atoms with Gasteiger partial charge >= 0.3 is 0 Å². The van der Waals surface area contributed by atoms with Crippen molar-refractivity contribution in [2.75, 3.05) is 33.2 Å². The fraction of sp³-hybridized carbons (Fsp3) is 0.905. The zero-order valence-electron chi connectivity index (χ0n) is 16.6. The molecule has 2 amide bonds. The van der Waals surface area contributed by atoms with Crippen molar-refractivity contribution in [1.82, 2.24) is 10.2 Å². The third-order valence-electron chi connectivity index (χ3n) is 7.92. The molecule has 5 heteroatoms. The van der Waals surface area contributed by atoms with E-state index in [0.717, 1.165) is 43.9 Å². The van der Waals surface area contributed by atoms with Crippen LogP contribution in [0.2, 0.25) is 0 Å². The Morgan fingerprint density at radius 3 is 2.12 bits per heavy atom. The van der Waals surface area contributed by atoms with E-state index >= 15 is 0 Å². The van der Waals surface area contributed by atoms with E-state index in [4.69, 9.17) is 0 Å². The first kappa shape index (κ1) is 18.3. The standard InChI is InChI=1S/C21H35N3O2/c1-15(21-12-16-9-17(13-21)11-18(10-16)14-21)22-19(25)3-4-20(26)24-7-5-23(2)6-8-24/h15-18H,3-14H2,1-2H3,(H,22,25)/p+1/t15-,16?,17?,18?,21?/m1/s1. The summed E-state index contributed by atoms with van der Waals surface area (Å²) in [7, 11) is 2.17. The van der Waals surface area contributed by atoms with Crippen LogP contribution in [0.25, 0.3) is 0 Å². The Hall–Kier alpha value is -1.10. The Morgan fingerprint density at radius 2 is 1.58 bits per heavy atom. The molecule has 0 aromatic carbocycles. The van der Waals surface area contributed by atoms with E-state index in [0.29, 0.717) is 18.3 Å². The molecule has 0 aromatic heterocycles. The van der Waals surface area contributed by atoms with Gasteiger partial charge in [0.2, 0.25) is 11.8 Å². The number of hydrogen-bond acceptors (Lipinski definition) is 2. The maximum absolute atomic E-state index is 12.5. The number of likely N-dealkylation sites (N-methyl/N-ethyl adjacent to an activating group) is 1. The Balaban J connectivity index is 1.25. The van der Waals surface area contributed by atoms with Crippen molar-refractivity contribution < 1.29 is 14.5 Å². The molecule has 1 heterocycles. The van der Waals surface area contributed by atoms with E-state index in [1.807, 2.05) is 4.90 Å². The van der Waals surface area contributed by atoms with Gasteiger partial charge in [0.05, 0.1) is 33.2 Å². The van der Waals surface area contributed by atoms with Gasteiger partial charge < -0.3 is 15.1 Å². The van der Waals surface area contributed by atoms with Crippen LogP contribution in [0, 0.1) is 23.2 Å². The number of carbonyl (C=O) groups excluding carboxylic acids is 2. The van der Waals surface area contributed by atoms with Crippen LogP contribution in [0.3, 0.4) is 0 Å². The Kier molecular flexibility index (Phi) is 5.02. The third kappa shape index (κ3) is 3.64. The zero-order valence-corrected chi connectivity index (χ0v) is 16.6. The lowest BCUT2D eigenvalue weighted by molar-refractivity contribution is -0.883. The molecule has 2 N–H and O–H groups in total. The molecule has 4 aliphatic carbocycles. The highest BCUT2D eigenvalue weighted by atomic mass is 16.2. The van der Waals surface area contributed by atoms with E-state index in [1.54, 1.807) is 0 Å². The molecule has 4 saturated carbocycles. The van der Waals surface area contributed by atoms with Crippen LogP contribution in [0.4, 0.5) is 0 Å². The molecule has 4 bridgehead atoms. The van der Waals surface area contributed by atoms with Gasteiger partial charge in [-0.1, -0.05) is 0 Å². The first-order chi connectivity index (χ1) is 12.4. The second kappa shape index (κ2) is 7.14. The molecule has 0 spiro atoms. The Labute approximate surface area is 157 Å². The van der Waals surface area contributed by atoms with Gasteiger partial charge in [0.1, 0.15) is 0 Å². The minimum atomic E-state index is 0.0707. The lowest BCUT2D eigenvalue weighted by Gasteiger charge is -2.59. The van der Waals surface area contributed by atoms with Crippen molar-refractivity contribution in [2.45, 2.75) is 64.3 Å². The molecule has 1 saturated heterocycles. The Bertz CT molecular complexity index is 518. The number of hydrogen-bond donors (Lipinski definition) is 2. The topological polar surface area (TPSA) is 53.9 Å². The van der Waals surface area contributed by atoms with Crippen LogP contribution in [-0.2, 0) is 9.59 Å². The minimum Gasteiger partial charge on any atom is -0.353 e. The van der Waals surface area contributed by atoms with E-state index in [2.05, 4.69) is 19.3 Å². The number of piperazine rings is 1. The summed E-state index contributed by atoms with van der Waals surface area (Å²) < 4.78 is 0. The number of rotatable bonds is 5. The van der Waals surface area contributed by atoms with Gasteiger partial charge in [0.15, 0.2) is 0 Å². The average molecular weight is 363 g/mol. The summed E-state index contributed by atoms with van der Waals surface area (Å²) in [6.45, 7) is 5.91. The first-order valence-corrected chi connectivity index (χ1v) is 10.8. The highest BCUT2D eigenvalue weighted by Crippen LogP contribution is 2.61. The summed E-state index contributed by atoms with van der Waals surface area (Å²) in [6, 6.07) is 0.255. The van der Waals surface area contributed by atoms with Crippen LogP contribution in [0.15, 0.2) is 0 Å². The van der Waals surface area contributed by atoms with Crippen LogP contribution in [-0.4, -0.2) is 56.0 Å². The second-order valence-electron chi connectivity index (χ2n) is 9.91. The summed E-state index contributed by atoms with van der Waals surface area (Å²) in [6.07, 6.45) is 8.92. The second-order valence-corrected chi connectivity index (χ2v) is 9.91. The SMILES string of the molecule is C[C@@H](NC(=O)CCC(=O)N1CC[NH+](C)CC1)C12CC3CC(CC(C3)C1)C2. The quantitative estimate of drug-likeness (QED) is 0.762. The van der Waals surface area contributed by atoms with Crippen LogP contribution in [0.5, 0.6) is 0 Å². The summed E-state index contributed by atoms with van der Waals surface area (Å²) in [5.41, 5.74) is 0.342. The van der Waals surface area contributed by atoms with Gasteiger partial charge in [0, 0.05) is 18.9 Å². The number of amides is 2. The van der Waals surface area contributed by atoms with Gasteiger partial charge in [-0.3, -0.25) is 9.59 Å². The number of quaternary nitrogens is 1. The molecular formula is C21H36N3O2+. The molecule has 5 rings (SSSR count).